The van der Waals surface area contributed by atoms with Crippen LogP contribution in [0.15, 0.2) is 94.2 Å². The largest absolute Gasteiger partial charge is 0.506 e. The van der Waals surface area contributed by atoms with Crippen molar-refractivity contribution in [2.24, 2.45) is 5.18 Å². The molecule has 48 heavy (non-hydrogen) atoms. The zero-order valence-electron chi connectivity index (χ0n) is 25.7. The number of aliphatic hydroxyl groups is 1. The lowest BCUT2D eigenvalue weighted by Gasteiger charge is -2.18. The SMILES string of the molecule is O=NC(=O)NC(c1ccccc1)c1cccc(OCc2nc(C(=O)NCCCCNCC(O)c3ccc(O)c4[nH]c(=O)ccc34)cs2)c1. The number of hydrogen-bond acceptors (Lipinski definition) is 10. The van der Waals surface area contributed by atoms with Crippen molar-refractivity contribution in [3.8, 4) is 11.5 Å². The van der Waals surface area contributed by atoms with Gasteiger partial charge in [0, 0.05) is 35.1 Å². The Kier molecular flexibility index (Phi) is 11.6. The van der Waals surface area contributed by atoms with Gasteiger partial charge < -0.3 is 35.9 Å². The number of urea groups is 1. The molecule has 0 saturated heterocycles. The number of aromatic nitrogens is 2. The zero-order valence-corrected chi connectivity index (χ0v) is 26.5. The Hall–Kier alpha value is -5.44. The number of carbonyl (C=O) groups excluding carboxylic acids is 2. The minimum atomic E-state index is -0.975. The number of amides is 3. The Morgan fingerprint density at radius 2 is 1.77 bits per heavy atom. The van der Waals surface area contributed by atoms with Gasteiger partial charge in [0.05, 0.1) is 17.7 Å². The van der Waals surface area contributed by atoms with E-state index >= 15 is 0 Å². The number of H-pyrrole nitrogens is 1. The molecule has 2 unspecified atom stereocenters. The Balaban J connectivity index is 1.04. The monoisotopic (exact) mass is 670 g/mol. The first kappa shape index (κ1) is 33.9. The average Bonchev–Trinajstić information content (AvgIpc) is 3.59. The number of phenolic OH excluding ortho intramolecular Hbond substituents is 1. The van der Waals surface area contributed by atoms with Gasteiger partial charge in [0.15, 0.2) is 0 Å². The van der Waals surface area contributed by atoms with Crippen LogP contribution >= 0.6 is 11.3 Å². The van der Waals surface area contributed by atoms with Crippen LogP contribution in [0.5, 0.6) is 11.5 Å². The van der Waals surface area contributed by atoms with Gasteiger partial charge >= 0.3 is 6.03 Å². The van der Waals surface area contributed by atoms with Crippen LogP contribution in [0.2, 0.25) is 0 Å². The lowest BCUT2D eigenvalue weighted by atomic mass is 9.98. The van der Waals surface area contributed by atoms with E-state index in [1.807, 2.05) is 36.4 Å². The minimum absolute atomic E-state index is 0.0602. The number of benzene rings is 3. The third-order valence-corrected chi connectivity index (χ3v) is 8.31. The topological polar surface area (TPSA) is 195 Å². The maximum absolute atomic E-state index is 12.6. The highest BCUT2D eigenvalue weighted by Gasteiger charge is 2.18. The summed E-state index contributed by atoms with van der Waals surface area (Å²) in [6, 6.07) is 20.7. The number of rotatable bonds is 15. The quantitative estimate of drug-likeness (QED) is 0.0678. The standard InChI is InChI=1S/C34H34N6O7S/c41-27-13-11-24(25-12-14-29(43)38-32(25)27)28(42)18-35-15-4-5-16-36-33(44)26-20-48-30(37-26)19-47-23-10-6-9-22(17-23)31(39-34(45)40-46)21-7-2-1-3-8-21/h1-3,6-14,17,20,28,31,35,41-42H,4-5,15-16,18-19H2,(H,36,44)(H,38,43)(H,39,45). The first-order valence-electron chi connectivity index (χ1n) is 15.2. The van der Waals surface area contributed by atoms with E-state index in [0.29, 0.717) is 52.5 Å². The number of thiazole rings is 1. The summed E-state index contributed by atoms with van der Waals surface area (Å²) in [5.74, 6) is 0.178. The van der Waals surface area contributed by atoms with Crippen molar-refractivity contribution >= 4 is 34.2 Å². The molecule has 0 bridgehead atoms. The molecule has 5 aromatic rings. The van der Waals surface area contributed by atoms with Crippen molar-refractivity contribution < 1.29 is 24.5 Å². The van der Waals surface area contributed by atoms with E-state index in [9.17, 15) is 29.5 Å². The average molecular weight is 671 g/mol. The van der Waals surface area contributed by atoms with Crippen LogP contribution in [0.3, 0.4) is 0 Å². The number of pyridine rings is 1. The van der Waals surface area contributed by atoms with Gasteiger partial charge in [-0.15, -0.1) is 16.2 Å². The Labute approximate surface area is 279 Å². The number of unbranched alkanes of at least 4 members (excludes halogenated alkanes) is 1. The molecule has 0 saturated carbocycles. The summed E-state index contributed by atoms with van der Waals surface area (Å²) in [6.45, 7) is 1.48. The van der Waals surface area contributed by atoms with Gasteiger partial charge in [0.2, 0.25) is 5.56 Å². The predicted molar refractivity (Wildman–Crippen MR) is 181 cm³/mol. The molecule has 5 rings (SSSR count). The zero-order chi connectivity index (χ0) is 33.9. The molecule has 2 atom stereocenters. The Bertz CT molecular complexity index is 1930. The number of aromatic amines is 1. The van der Waals surface area contributed by atoms with Crippen molar-refractivity contribution in [3.63, 3.8) is 0 Å². The summed E-state index contributed by atoms with van der Waals surface area (Å²) >= 11 is 1.30. The van der Waals surface area contributed by atoms with Crippen LogP contribution in [0, 0.1) is 4.91 Å². The van der Waals surface area contributed by atoms with Crippen LogP contribution in [0.4, 0.5) is 4.79 Å². The number of fused-ring (bicyclic) bond motifs is 1. The number of nitroso groups, excluding NO2 is 1. The maximum Gasteiger partial charge on any atom is 0.379 e. The molecule has 14 heteroatoms. The molecule has 3 aromatic carbocycles. The number of hydrogen-bond donors (Lipinski definition) is 6. The Morgan fingerprint density at radius 3 is 2.58 bits per heavy atom. The summed E-state index contributed by atoms with van der Waals surface area (Å²) in [7, 11) is 0. The summed E-state index contributed by atoms with van der Waals surface area (Å²) in [6.07, 6.45) is 0.624. The van der Waals surface area contributed by atoms with E-state index < -0.39 is 18.2 Å². The predicted octanol–water partition coefficient (Wildman–Crippen LogP) is 4.67. The molecule has 6 N–H and O–H groups in total. The molecule has 0 fully saturated rings. The van der Waals surface area contributed by atoms with Crippen molar-refractivity contribution in [2.45, 2.75) is 31.6 Å². The summed E-state index contributed by atoms with van der Waals surface area (Å²) in [5.41, 5.74) is 2.31. The number of ether oxygens (including phenoxy) is 1. The molecule has 0 aliphatic rings. The molecule has 2 heterocycles. The fourth-order valence-corrected chi connectivity index (χ4v) is 5.82. The number of aromatic hydroxyl groups is 1. The number of nitrogens with one attached hydrogen (secondary N) is 4. The molecule has 248 valence electrons. The highest BCUT2D eigenvalue weighted by molar-refractivity contribution is 7.09. The number of carbonyl (C=O) groups is 2. The summed E-state index contributed by atoms with van der Waals surface area (Å²) in [4.78, 5) is 53.8. The van der Waals surface area contributed by atoms with Gasteiger partial charge in [-0.25, -0.2) is 9.78 Å². The second kappa shape index (κ2) is 16.4. The minimum Gasteiger partial charge on any atom is -0.506 e. The third-order valence-electron chi connectivity index (χ3n) is 7.49. The van der Waals surface area contributed by atoms with E-state index in [1.165, 1.54) is 23.5 Å². The smallest absolute Gasteiger partial charge is 0.379 e. The summed E-state index contributed by atoms with van der Waals surface area (Å²) in [5, 5.41) is 34.7. The van der Waals surface area contributed by atoms with Crippen LogP contribution in [-0.2, 0) is 6.61 Å². The fourth-order valence-electron chi connectivity index (χ4n) is 5.13. The third kappa shape index (κ3) is 8.88. The second-order valence-electron chi connectivity index (χ2n) is 10.8. The molecule has 0 radical (unpaired) electrons. The number of aliphatic hydroxyl groups excluding tert-OH is 1. The van der Waals surface area contributed by atoms with Gasteiger partial charge in [-0.3, -0.25) is 9.59 Å². The van der Waals surface area contributed by atoms with Crippen molar-refractivity contribution in [1.29, 1.82) is 0 Å². The van der Waals surface area contributed by atoms with Crippen LogP contribution in [-0.4, -0.2) is 51.8 Å². The van der Waals surface area contributed by atoms with Crippen LogP contribution < -0.4 is 26.2 Å². The molecule has 0 aliphatic carbocycles. The van der Waals surface area contributed by atoms with Crippen LogP contribution in [0.25, 0.3) is 10.9 Å². The van der Waals surface area contributed by atoms with E-state index in [4.69, 9.17) is 4.74 Å². The van der Waals surface area contributed by atoms with Crippen molar-refractivity contribution in [2.75, 3.05) is 19.6 Å². The molecule has 13 nitrogen and oxygen atoms in total. The molecular weight excluding hydrogens is 636 g/mol. The molecule has 0 spiro atoms. The van der Waals surface area contributed by atoms with Crippen molar-refractivity contribution in [1.82, 2.24) is 25.9 Å². The van der Waals surface area contributed by atoms with E-state index in [2.05, 4.69) is 31.1 Å². The van der Waals surface area contributed by atoms with Gasteiger partial charge in [0.1, 0.15) is 28.8 Å². The first-order valence-corrected chi connectivity index (χ1v) is 16.1. The molecule has 0 aliphatic heterocycles. The highest BCUT2D eigenvalue weighted by Crippen LogP contribution is 2.29. The number of phenols is 1. The second-order valence-corrected chi connectivity index (χ2v) is 11.8. The normalized spacial score (nSPS) is 12.3. The lowest BCUT2D eigenvalue weighted by molar-refractivity contribution is 0.0948. The fraction of sp³-hybridized carbons (Fsp3) is 0.235. The van der Waals surface area contributed by atoms with Gasteiger partial charge in [0.25, 0.3) is 5.91 Å². The maximum atomic E-state index is 12.6. The summed E-state index contributed by atoms with van der Waals surface area (Å²) < 4.78 is 5.92. The van der Waals surface area contributed by atoms with Crippen molar-refractivity contribution in [3.05, 3.63) is 127 Å². The number of nitrogens with zero attached hydrogens (tertiary/aromatic N) is 2. The van der Waals surface area contributed by atoms with E-state index in [-0.39, 0.29) is 35.9 Å². The van der Waals surface area contributed by atoms with E-state index in [0.717, 1.165) is 12.0 Å². The van der Waals surface area contributed by atoms with Gasteiger partial charge in [-0.2, -0.15) is 0 Å². The lowest BCUT2D eigenvalue weighted by Crippen LogP contribution is -2.26. The van der Waals surface area contributed by atoms with Gasteiger partial charge in [-0.05, 0) is 60.3 Å². The highest BCUT2D eigenvalue weighted by atomic mass is 32.1. The molecule has 2 aromatic heterocycles. The van der Waals surface area contributed by atoms with Crippen LogP contribution in [0.1, 0.15) is 57.2 Å². The molecule has 3 amide bonds. The van der Waals surface area contributed by atoms with E-state index in [1.54, 1.807) is 35.7 Å². The van der Waals surface area contributed by atoms with Gasteiger partial charge in [-0.1, -0.05) is 48.5 Å². The first-order chi connectivity index (χ1) is 23.3. The Morgan fingerprint density at radius 1 is 0.979 bits per heavy atom. The molecular formula is C34H34N6O7S.